The number of ether oxygens (including phenoxy) is 1. The summed E-state index contributed by atoms with van der Waals surface area (Å²) in [6, 6.07) is 12.5. The van der Waals surface area contributed by atoms with Gasteiger partial charge in [-0.3, -0.25) is 4.79 Å². The van der Waals surface area contributed by atoms with E-state index >= 15 is 0 Å². The molecule has 1 aromatic heterocycles. The molecular weight excluding hydrogens is 407 g/mol. The number of aryl methyl sites for hydroxylation is 1. The second-order valence-electron chi connectivity index (χ2n) is 5.59. The second-order valence-corrected chi connectivity index (χ2v) is 7.36. The van der Waals surface area contributed by atoms with Gasteiger partial charge in [-0.25, -0.2) is 0 Å². The summed E-state index contributed by atoms with van der Waals surface area (Å²) in [6.07, 6.45) is 0.942. The normalized spacial score (nSPS) is 10.8. The monoisotopic (exact) mass is 422 g/mol. The smallest absolute Gasteiger partial charge is 0.277 e. The molecule has 8 heteroatoms. The molecular formula is C19H16Cl2N2O3S. The maximum Gasteiger partial charge on any atom is 0.277 e. The predicted molar refractivity (Wildman–Crippen MR) is 106 cm³/mol. The van der Waals surface area contributed by atoms with Crippen molar-refractivity contribution < 1.29 is 13.9 Å². The first-order chi connectivity index (χ1) is 13.0. The van der Waals surface area contributed by atoms with Crippen LogP contribution < -0.4 is 4.74 Å². The Bertz CT molecular complexity index is 929. The highest BCUT2D eigenvalue weighted by Gasteiger charge is 2.12. The van der Waals surface area contributed by atoms with E-state index in [1.807, 2.05) is 24.3 Å². The summed E-state index contributed by atoms with van der Waals surface area (Å²) in [5.41, 5.74) is 1.86. The number of thioether (sulfide) groups is 1. The number of ketones is 1. The van der Waals surface area contributed by atoms with Gasteiger partial charge in [-0.15, -0.1) is 10.2 Å². The highest BCUT2D eigenvalue weighted by molar-refractivity contribution is 7.99. The number of carbonyl (C=O) groups is 1. The molecule has 3 aromatic rings. The van der Waals surface area contributed by atoms with Crippen molar-refractivity contribution in [1.29, 1.82) is 0 Å². The minimum absolute atomic E-state index is 0.00611. The van der Waals surface area contributed by atoms with Crippen LogP contribution >= 0.6 is 35.0 Å². The number of halogens is 2. The quantitative estimate of drug-likeness (QED) is 0.353. The molecule has 0 aliphatic carbocycles. The van der Waals surface area contributed by atoms with Gasteiger partial charge in [0, 0.05) is 10.6 Å². The van der Waals surface area contributed by atoms with E-state index in [2.05, 4.69) is 17.1 Å². The van der Waals surface area contributed by atoms with E-state index < -0.39 is 0 Å². The van der Waals surface area contributed by atoms with Crippen LogP contribution in [0.3, 0.4) is 0 Å². The molecule has 0 aliphatic rings. The fraction of sp³-hybridized carbons (Fsp3) is 0.211. The number of benzene rings is 2. The minimum Gasteiger partial charge on any atom is -0.482 e. The van der Waals surface area contributed by atoms with Gasteiger partial charge in [0.2, 0.25) is 0 Å². The molecule has 5 nitrogen and oxygen atoms in total. The van der Waals surface area contributed by atoms with E-state index in [9.17, 15) is 4.79 Å². The Balaban J connectivity index is 1.52. The molecule has 0 atom stereocenters. The van der Waals surface area contributed by atoms with Crippen molar-refractivity contribution in [2.75, 3.05) is 5.75 Å². The van der Waals surface area contributed by atoms with Gasteiger partial charge in [-0.1, -0.05) is 66.2 Å². The van der Waals surface area contributed by atoms with E-state index in [0.29, 0.717) is 32.5 Å². The average molecular weight is 423 g/mol. The van der Waals surface area contributed by atoms with Crippen LogP contribution in [-0.2, 0) is 13.0 Å². The third kappa shape index (κ3) is 5.48. The van der Waals surface area contributed by atoms with Gasteiger partial charge in [0.05, 0.1) is 10.8 Å². The summed E-state index contributed by atoms with van der Waals surface area (Å²) < 4.78 is 11.0. The first kappa shape index (κ1) is 19.7. The molecule has 0 unspecified atom stereocenters. The van der Waals surface area contributed by atoms with Crippen LogP contribution in [0.25, 0.3) is 0 Å². The molecule has 2 aromatic carbocycles. The molecule has 3 rings (SSSR count). The average Bonchev–Trinajstić information content (AvgIpc) is 3.13. The van der Waals surface area contributed by atoms with Gasteiger partial charge in [-0.05, 0) is 30.2 Å². The SMILES string of the molecule is CCc1ccc(C(=O)CSc2nnc(COc3ccc(Cl)cc3Cl)o2)cc1. The van der Waals surface area contributed by atoms with Crippen LogP contribution in [0, 0.1) is 0 Å². The van der Waals surface area contributed by atoms with Gasteiger partial charge >= 0.3 is 0 Å². The van der Waals surface area contributed by atoms with Gasteiger partial charge in [0.1, 0.15) is 5.75 Å². The molecule has 1 heterocycles. The summed E-state index contributed by atoms with van der Waals surface area (Å²) in [6.45, 7) is 2.14. The number of hydrogen-bond donors (Lipinski definition) is 0. The summed E-state index contributed by atoms with van der Waals surface area (Å²) in [5.74, 6) is 0.991. The Morgan fingerprint density at radius 1 is 1.15 bits per heavy atom. The number of aromatic nitrogens is 2. The number of Topliss-reactive ketones (excluding diaryl/α,β-unsaturated/α-hetero) is 1. The Morgan fingerprint density at radius 3 is 2.63 bits per heavy atom. The summed E-state index contributed by atoms with van der Waals surface area (Å²) in [5, 5.41) is 9.07. The van der Waals surface area contributed by atoms with Crippen LogP contribution in [0.2, 0.25) is 10.0 Å². The van der Waals surface area contributed by atoms with Crippen molar-refractivity contribution in [3.8, 4) is 5.75 Å². The van der Waals surface area contributed by atoms with Gasteiger partial charge in [0.25, 0.3) is 11.1 Å². The third-order valence-electron chi connectivity index (χ3n) is 3.70. The highest BCUT2D eigenvalue weighted by Crippen LogP contribution is 2.28. The van der Waals surface area contributed by atoms with Crippen molar-refractivity contribution in [2.45, 2.75) is 25.2 Å². The lowest BCUT2D eigenvalue weighted by atomic mass is 10.1. The fourth-order valence-electron chi connectivity index (χ4n) is 2.22. The molecule has 0 spiro atoms. The largest absolute Gasteiger partial charge is 0.482 e. The van der Waals surface area contributed by atoms with Crippen molar-refractivity contribution in [3.63, 3.8) is 0 Å². The van der Waals surface area contributed by atoms with E-state index in [-0.39, 0.29) is 18.1 Å². The Hall–Kier alpha value is -2.02. The van der Waals surface area contributed by atoms with Crippen LogP contribution in [0.4, 0.5) is 0 Å². The van der Waals surface area contributed by atoms with E-state index in [4.69, 9.17) is 32.4 Å². The molecule has 0 radical (unpaired) electrons. The standard InChI is InChI=1S/C19H16Cl2N2O3S/c1-2-12-3-5-13(6-4-12)16(24)11-27-19-23-22-18(26-19)10-25-17-8-7-14(20)9-15(17)21/h3-9H,2,10-11H2,1H3. The summed E-state index contributed by atoms with van der Waals surface area (Å²) in [4.78, 5) is 12.2. The molecule has 27 heavy (non-hydrogen) atoms. The zero-order valence-electron chi connectivity index (χ0n) is 14.4. The van der Waals surface area contributed by atoms with Crippen LogP contribution in [0.15, 0.2) is 52.1 Å². The minimum atomic E-state index is 0.00611. The third-order valence-corrected chi connectivity index (χ3v) is 5.05. The Kier molecular flexibility index (Phi) is 6.77. The molecule has 0 bridgehead atoms. The molecule has 0 amide bonds. The number of hydrogen-bond acceptors (Lipinski definition) is 6. The van der Waals surface area contributed by atoms with Crippen LogP contribution in [-0.4, -0.2) is 21.7 Å². The lowest BCUT2D eigenvalue weighted by molar-refractivity contribution is 0.102. The molecule has 0 aliphatic heterocycles. The lowest BCUT2D eigenvalue weighted by Crippen LogP contribution is -2.02. The first-order valence-electron chi connectivity index (χ1n) is 8.20. The van der Waals surface area contributed by atoms with E-state index in [1.54, 1.807) is 18.2 Å². The van der Waals surface area contributed by atoms with Crippen molar-refractivity contribution in [2.24, 2.45) is 0 Å². The fourth-order valence-corrected chi connectivity index (χ4v) is 3.36. The molecule has 0 N–H and O–H groups in total. The van der Waals surface area contributed by atoms with Crippen molar-refractivity contribution in [3.05, 3.63) is 69.5 Å². The topological polar surface area (TPSA) is 65.2 Å². The summed E-state index contributed by atoms with van der Waals surface area (Å²) in [7, 11) is 0. The molecule has 0 saturated heterocycles. The predicted octanol–water partition coefficient (Wildman–Crippen LogP) is 5.49. The van der Waals surface area contributed by atoms with Crippen molar-refractivity contribution >= 4 is 40.7 Å². The van der Waals surface area contributed by atoms with E-state index in [1.165, 1.54) is 17.3 Å². The Morgan fingerprint density at radius 2 is 1.93 bits per heavy atom. The highest BCUT2D eigenvalue weighted by atomic mass is 35.5. The van der Waals surface area contributed by atoms with Gasteiger partial charge in [0.15, 0.2) is 12.4 Å². The van der Waals surface area contributed by atoms with E-state index in [0.717, 1.165) is 6.42 Å². The van der Waals surface area contributed by atoms with Gasteiger partial charge < -0.3 is 9.15 Å². The Labute approximate surface area is 171 Å². The second kappa shape index (κ2) is 9.26. The van der Waals surface area contributed by atoms with Crippen LogP contribution in [0.5, 0.6) is 5.75 Å². The van der Waals surface area contributed by atoms with Gasteiger partial charge in [-0.2, -0.15) is 0 Å². The number of rotatable bonds is 8. The summed E-state index contributed by atoms with van der Waals surface area (Å²) >= 11 is 13.1. The van der Waals surface area contributed by atoms with Crippen LogP contribution in [0.1, 0.15) is 28.7 Å². The number of carbonyl (C=O) groups excluding carboxylic acids is 1. The first-order valence-corrected chi connectivity index (χ1v) is 9.94. The molecule has 0 saturated carbocycles. The van der Waals surface area contributed by atoms with Crippen molar-refractivity contribution in [1.82, 2.24) is 10.2 Å². The lowest BCUT2D eigenvalue weighted by Gasteiger charge is -2.05. The molecule has 140 valence electrons. The zero-order valence-corrected chi connectivity index (χ0v) is 16.8. The maximum absolute atomic E-state index is 12.2. The number of nitrogens with zero attached hydrogens (tertiary/aromatic N) is 2. The maximum atomic E-state index is 12.2. The molecule has 0 fully saturated rings. The zero-order chi connectivity index (χ0) is 19.2.